The van der Waals surface area contributed by atoms with Crippen molar-refractivity contribution < 1.29 is 24.2 Å². The highest BCUT2D eigenvalue weighted by Gasteiger charge is 2.56. The van der Waals surface area contributed by atoms with Crippen LogP contribution in [-0.2, 0) is 9.22 Å². The lowest BCUT2D eigenvalue weighted by Gasteiger charge is -2.50. The molecule has 1 unspecified atom stereocenters. The maximum Gasteiger partial charge on any atom is 0.503 e. The molecule has 2 N–H and O–H groups in total. The zero-order chi connectivity index (χ0) is 24.2. The Hall–Kier alpha value is -1.14. The predicted octanol–water partition coefficient (Wildman–Crippen LogP) is 7.38. The number of hydrogen-bond acceptors (Lipinski definition) is 3. The maximum atomic E-state index is 12.2. The summed E-state index contributed by atoms with van der Waals surface area (Å²) in [5.74, 6) is 2.05. The third kappa shape index (κ3) is 6.25. The molecule has 0 heterocycles. The molecule has 0 saturated heterocycles. The molecule has 0 amide bonds. The third-order valence-corrected chi connectivity index (χ3v) is 13.6. The lowest BCUT2D eigenvalue weighted by Crippen LogP contribution is -2.49. The van der Waals surface area contributed by atoms with E-state index in [4.69, 9.17) is 19.4 Å². The first-order valence-electron chi connectivity index (χ1n) is 12.8. The fraction of sp³-hybridized carbons (Fsp3) is 0.846. The van der Waals surface area contributed by atoms with E-state index in [1.807, 2.05) is 6.08 Å². The summed E-state index contributed by atoms with van der Waals surface area (Å²) in [6.07, 6.45) is 11.5. The molecule has 0 radical (unpaired) electrons. The van der Waals surface area contributed by atoms with Crippen LogP contribution in [0.3, 0.4) is 0 Å². The second-order valence-electron chi connectivity index (χ2n) is 11.1. The van der Waals surface area contributed by atoms with Crippen LogP contribution in [-0.4, -0.2) is 36.6 Å². The Morgan fingerprint density at radius 3 is 2.09 bits per heavy atom. The molecule has 0 aromatic heterocycles. The average molecular weight is 467 g/mol. The number of ketones is 1. The minimum Gasteiger partial charge on any atom is -0.450 e. The summed E-state index contributed by atoms with van der Waals surface area (Å²) in [4.78, 5) is 20.8. The SMILES string of the molecule is CC[Si](CC)(CC)O[C@H]1CCC[C@]2(C)C(C(C)(C)/C=C/C(=O)C3CC3)CC[C@@H]12.O=C(O)O. The van der Waals surface area contributed by atoms with E-state index in [1.165, 1.54) is 50.2 Å². The quantitative estimate of drug-likeness (QED) is 0.273. The Labute approximate surface area is 196 Å². The van der Waals surface area contributed by atoms with Gasteiger partial charge >= 0.3 is 6.16 Å². The topological polar surface area (TPSA) is 83.8 Å². The smallest absolute Gasteiger partial charge is 0.450 e. The van der Waals surface area contributed by atoms with Gasteiger partial charge in [0.15, 0.2) is 14.1 Å². The summed E-state index contributed by atoms with van der Waals surface area (Å²) < 4.78 is 7.07. The molecule has 6 heteroatoms. The average Bonchev–Trinajstić information content (AvgIpc) is 3.51. The summed E-state index contributed by atoms with van der Waals surface area (Å²) in [7, 11) is -1.56. The van der Waals surface area contributed by atoms with Gasteiger partial charge in [0.2, 0.25) is 0 Å². The molecule has 3 rings (SSSR count). The van der Waals surface area contributed by atoms with E-state index in [2.05, 4.69) is 47.6 Å². The molecule has 3 fully saturated rings. The molecule has 5 nitrogen and oxygen atoms in total. The Morgan fingerprint density at radius 1 is 1.03 bits per heavy atom. The van der Waals surface area contributed by atoms with Gasteiger partial charge in [-0.15, -0.1) is 0 Å². The highest BCUT2D eigenvalue weighted by molar-refractivity contribution is 6.73. The normalized spacial score (nSPS) is 30.5. The molecular formula is C26H46O5Si. The van der Waals surface area contributed by atoms with Gasteiger partial charge in [-0.25, -0.2) is 4.79 Å². The molecule has 0 aromatic rings. The molecule has 3 aliphatic rings. The molecule has 32 heavy (non-hydrogen) atoms. The lowest BCUT2D eigenvalue weighted by atomic mass is 9.58. The van der Waals surface area contributed by atoms with Crippen molar-refractivity contribution in [1.82, 2.24) is 0 Å². The molecule has 0 bridgehead atoms. The summed E-state index contributed by atoms with van der Waals surface area (Å²) >= 11 is 0. The van der Waals surface area contributed by atoms with E-state index in [0.29, 0.717) is 35.1 Å². The van der Waals surface area contributed by atoms with Gasteiger partial charge in [-0.3, -0.25) is 4.79 Å². The van der Waals surface area contributed by atoms with Gasteiger partial charge in [0.1, 0.15) is 0 Å². The van der Waals surface area contributed by atoms with Crippen molar-refractivity contribution in [3.8, 4) is 0 Å². The van der Waals surface area contributed by atoms with Crippen LogP contribution in [0, 0.1) is 28.6 Å². The van der Waals surface area contributed by atoms with Crippen LogP contribution in [0.4, 0.5) is 4.79 Å². The Bertz CT molecular complexity index is 667. The van der Waals surface area contributed by atoms with Crippen LogP contribution in [0.1, 0.15) is 86.5 Å². The minimum atomic E-state index is -1.83. The zero-order valence-electron chi connectivity index (χ0n) is 21.2. The number of allylic oxidation sites excluding steroid dienone is 2. The van der Waals surface area contributed by atoms with Gasteiger partial charge in [0, 0.05) is 12.0 Å². The predicted molar refractivity (Wildman–Crippen MR) is 132 cm³/mol. The standard InChI is InChI=1S/C25H44O2Si.CH2O3/c1-7-28(8-2,9-3)27-22-11-10-17-25(6)20(22)14-15-23(25)24(4,5)18-16-21(26)19-12-13-19;2-1(3)4/h16,18-20,22-23H,7-15,17H2,1-6H3;(H2,2,3,4)/b18-16+;/t20-,22-,23?,25-;/m0./s1. The van der Waals surface area contributed by atoms with Crippen LogP contribution in [0.2, 0.25) is 18.1 Å². The van der Waals surface area contributed by atoms with Gasteiger partial charge in [-0.2, -0.15) is 0 Å². The summed E-state index contributed by atoms with van der Waals surface area (Å²) in [5, 5.41) is 13.9. The number of carbonyl (C=O) groups excluding carboxylic acids is 1. The number of fused-ring (bicyclic) bond motifs is 1. The van der Waals surface area contributed by atoms with Crippen LogP contribution < -0.4 is 0 Å². The molecule has 3 aliphatic carbocycles. The molecular weight excluding hydrogens is 420 g/mol. The number of carboxylic acid groups (broad SMARTS) is 2. The van der Waals surface area contributed by atoms with Crippen LogP contribution >= 0.6 is 0 Å². The van der Waals surface area contributed by atoms with Crippen molar-refractivity contribution in [2.45, 2.75) is 111 Å². The first-order valence-corrected chi connectivity index (χ1v) is 15.3. The summed E-state index contributed by atoms with van der Waals surface area (Å²) in [6, 6.07) is 3.75. The Morgan fingerprint density at radius 2 is 1.59 bits per heavy atom. The van der Waals surface area contributed by atoms with Crippen LogP contribution in [0.15, 0.2) is 12.2 Å². The fourth-order valence-electron chi connectivity index (χ4n) is 6.72. The van der Waals surface area contributed by atoms with E-state index in [1.54, 1.807) is 0 Å². The van der Waals surface area contributed by atoms with Crippen LogP contribution in [0.5, 0.6) is 0 Å². The van der Waals surface area contributed by atoms with Gasteiger partial charge < -0.3 is 14.6 Å². The van der Waals surface area contributed by atoms with Crippen LogP contribution in [0.25, 0.3) is 0 Å². The number of rotatable bonds is 9. The minimum absolute atomic E-state index is 0.0880. The second kappa shape index (κ2) is 10.9. The van der Waals surface area contributed by atoms with Gasteiger partial charge in [0.25, 0.3) is 0 Å². The first-order chi connectivity index (χ1) is 14.9. The molecule has 0 aliphatic heterocycles. The van der Waals surface area contributed by atoms with Crippen molar-refractivity contribution in [3.63, 3.8) is 0 Å². The van der Waals surface area contributed by atoms with E-state index in [-0.39, 0.29) is 5.41 Å². The fourth-order valence-corrected chi connectivity index (χ4v) is 9.64. The monoisotopic (exact) mass is 466 g/mol. The molecule has 0 spiro atoms. The van der Waals surface area contributed by atoms with Crippen molar-refractivity contribution >= 4 is 20.3 Å². The molecule has 184 valence electrons. The van der Waals surface area contributed by atoms with Crippen molar-refractivity contribution in [2.75, 3.05) is 0 Å². The van der Waals surface area contributed by atoms with E-state index in [9.17, 15) is 4.79 Å². The van der Waals surface area contributed by atoms with Gasteiger partial charge in [-0.1, -0.05) is 54.0 Å². The molecule has 4 atom stereocenters. The van der Waals surface area contributed by atoms with E-state index in [0.717, 1.165) is 12.8 Å². The highest BCUT2D eigenvalue weighted by atomic mass is 28.4. The van der Waals surface area contributed by atoms with Crippen molar-refractivity contribution in [2.24, 2.45) is 28.6 Å². The molecule has 3 saturated carbocycles. The first kappa shape index (κ1) is 27.1. The number of carbonyl (C=O) groups is 2. The Kier molecular flexibility index (Phi) is 9.19. The largest absolute Gasteiger partial charge is 0.503 e. The van der Waals surface area contributed by atoms with Gasteiger partial charge in [-0.05, 0) is 85.4 Å². The van der Waals surface area contributed by atoms with Crippen molar-refractivity contribution in [3.05, 3.63) is 12.2 Å². The van der Waals surface area contributed by atoms with E-state index >= 15 is 0 Å². The molecule has 0 aromatic carbocycles. The number of hydrogen-bond donors (Lipinski definition) is 2. The highest BCUT2D eigenvalue weighted by Crippen LogP contribution is 2.61. The lowest BCUT2D eigenvalue weighted by molar-refractivity contribution is -0.115. The second-order valence-corrected chi connectivity index (χ2v) is 15.9. The van der Waals surface area contributed by atoms with Crippen molar-refractivity contribution in [1.29, 1.82) is 0 Å². The Balaban J connectivity index is 0.000000837. The third-order valence-electron chi connectivity index (χ3n) is 8.95. The summed E-state index contributed by atoms with van der Waals surface area (Å²) in [5.41, 5.74) is 0.444. The van der Waals surface area contributed by atoms with E-state index < -0.39 is 14.5 Å². The van der Waals surface area contributed by atoms with Gasteiger partial charge in [0.05, 0.1) is 0 Å². The zero-order valence-corrected chi connectivity index (χ0v) is 22.2. The maximum absolute atomic E-state index is 12.2. The summed E-state index contributed by atoms with van der Waals surface area (Å²) in [6.45, 7) is 14.3.